The lowest BCUT2D eigenvalue weighted by Gasteiger charge is -2.09. The van der Waals surface area contributed by atoms with Crippen molar-refractivity contribution in [1.82, 2.24) is 0 Å². The Bertz CT molecular complexity index is 397. The molecule has 0 bridgehead atoms. The maximum Gasteiger partial charge on any atom is 0.495 e. The molecular weight excluding hydrogens is 195 g/mol. The van der Waals surface area contributed by atoms with Crippen LogP contribution in [0.25, 0.3) is 0 Å². The van der Waals surface area contributed by atoms with E-state index in [1.807, 2.05) is 12.1 Å². The number of nitrogens with two attached hydrogens (primary N) is 1. The number of hydrogen-bond acceptors (Lipinski definition) is 4. The van der Waals surface area contributed by atoms with Gasteiger partial charge in [0.15, 0.2) is 0 Å². The highest BCUT2D eigenvalue weighted by atomic mass is 16.5. The van der Waals surface area contributed by atoms with E-state index in [4.69, 9.17) is 20.5 Å². The third-order valence-corrected chi connectivity index (χ3v) is 2.18. The number of amidine groups is 1. The lowest BCUT2D eigenvalue weighted by molar-refractivity contribution is 0.275. The molecule has 4 N–H and O–H groups in total. The Labute approximate surface area is 87.5 Å². The number of benzene rings is 1. The fourth-order valence-electron chi connectivity index (χ4n) is 1.53. The van der Waals surface area contributed by atoms with Crippen molar-refractivity contribution in [1.29, 1.82) is 5.41 Å². The first-order chi connectivity index (χ1) is 7.18. The number of ether oxygens (including phenoxy) is 1. The molecule has 0 aliphatic carbocycles. The normalized spacial score (nSPS) is 13.8. The first kappa shape index (κ1) is 10.0. The van der Waals surface area contributed by atoms with Crippen LogP contribution in [0.2, 0.25) is 0 Å². The molecule has 1 aliphatic rings. The van der Waals surface area contributed by atoms with Crippen LogP contribution in [0.1, 0.15) is 5.56 Å². The van der Waals surface area contributed by atoms with Gasteiger partial charge in [-0.2, -0.15) is 0 Å². The molecule has 0 spiro atoms. The van der Waals surface area contributed by atoms with Gasteiger partial charge in [0.1, 0.15) is 18.2 Å². The molecular formula is C9H11BN2O3. The second kappa shape index (κ2) is 3.92. The summed E-state index contributed by atoms with van der Waals surface area (Å²) in [5.74, 6) is 0.466. The molecule has 78 valence electrons. The van der Waals surface area contributed by atoms with Crippen molar-refractivity contribution in [2.45, 2.75) is 6.61 Å². The van der Waals surface area contributed by atoms with Crippen LogP contribution in [0.15, 0.2) is 18.2 Å². The summed E-state index contributed by atoms with van der Waals surface area (Å²) in [6.07, 6.45) is 0. The van der Waals surface area contributed by atoms with Crippen LogP contribution in [0.5, 0.6) is 5.75 Å². The van der Waals surface area contributed by atoms with Gasteiger partial charge in [0.05, 0.1) is 6.61 Å². The van der Waals surface area contributed by atoms with E-state index in [2.05, 4.69) is 0 Å². The Hall–Kier alpha value is -1.53. The van der Waals surface area contributed by atoms with Crippen LogP contribution >= 0.6 is 0 Å². The maximum absolute atomic E-state index is 9.54. The molecule has 0 unspecified atom stereocenters. The quantitative estimate of drug-likeness (QED) is 0.343. The minimum absolute atomic E-state index is 0.0170. The van der Waals surface area contributed by atoms with Crippen LogP contribution in [0, 0.1) is 5.41 Å². The molecule has 0 amide bonds. The molecule has 0 fully saturated rings. The first-order valence-corrected chi connectivity index (χ1v) is 4.55. The van der Waals surface area contributed by atoms with Crippen LogP contribution in [0.3, 0.4) is 0 Å². The highest BCUT2D eigenvalue weighted by Crippen LogP contribution is 2.17. The molecule has 15 heavy (non-hydrogen) atoms. The second-order valence-electron chi connectivity index (χ2n) is 3.31. The summed E-state index contributed by atoms with van der Waals surface area (Å²) in [5.41, 5.74) is 6.73. The standard InChI is InChI=1S/C9H11BN2O3/c11-8(12)5-14-7-3-1-2-6-4-15-10(13)9(6)7/h1-3,13H,4-5H2,(H3,11,12). The maximum atomic E-state index is 9.54. The molecule has 0 aromatic heterocycles. The average molecular weight is 206 g/mol. The van der Waals surface area contributed by atoms with Gasteiger partial charge in [-0.05, 0) is 11.6 Å². The fourth-order valence-corrected chi connectivity index (χ4v) is 1.53. The van der Waals surface area contributed by atoms with Gasteiger partial charge in [-0.3, -0.25) is 5.41 Å². The van der Waals surface area contributed by atoms with Gasteiger partial charge in [0.2, 0.25) is 0 Å². The molecule has 1 aromatic rings. The van der Waals surface area contributed by atoms with Crippen LogP contribution in [-0.2, 0) is 11.3 Å². The van der Waals surface area contributed by atoms with E-state index in [1.165, 1.54) is 0 Å². The fraction of sp³-hybridized carbons (Fsp3) is 0.222. The smallest absolute Gasteiger partial charge is 0.486 e. The van der Waals surface area contributed by atoms with Crippen molar-refractivity contribution in [3.05, 3.63) is 23.8 Å². The van der Waals surface area contributed by atoms with Gasteiger partial charge in [0, 0.05) is 5.46 Å². The predicted octanol–water partition coefficient (Wildman–Crippen LogP) is -0.781. The Morgan fingerprint density at radius 3 is 3.20 bits per heavy atom. The SMILES string of the molecule is N=C(N)COc1cccc2c1B(O)OC2. The number of hydrogen-bond donors (Lipinski definition) is 3. The van der Waals surface area contributed by atoms with Crippen LogP contribution < -0.4 is 15.9 Å². The zero-order chi connectivity index (χ0) is 10.8. The summed E-state index contributed by atoms with van der Waals surface area (Å²) < 4.78 is 10.4. The lowest BCUT2D eigenvalue weighted by atomic mass is 9.79. The third-order valence-electron chi connectivity index (χ3n) is 2.18. The minimum atomic E-state index is -0.942. The zero-order valence-corrected chi connectivity index (χ0v) is 8.06. The predicted molar refractivity (Wildman–Crippen MR) is 56.2 cm³/mol. The van der Waals surface area contributed by atoms with Crippen molar-refractivity contribution in [3.8, 4) is 5.75 Å². The molecule has 1 aliphatic heterocycles. The topological polar surface area (TPSA) is 88.6 Å². The van der Waals surface area contributed by atoms with Crippen LogP contribution in [-0.4, -0.2) is 24.6 Å². The number of rotatable bonds is 3. The van der Waals surface area contributed by atoms with Gasteiger partial charge < -0.3 is 20.1 Å². The summed E-state index contributed by atoms with van der Waals surface area (Å²) in [5, 5.41) is 16.6. The monoisotopic (exact) mass is 206 g/mol. The van der Waals surface area contributed by atoms with Crippen molar-refractivity contribution in [3.63, 3.8) is 0 Å². The Morgan fingerprint density at radius 1 is 1.67 bits per heavy atom. The van der Waals surface area contributed by atoms with E-state index in [9.17, 15) is 5.02 Å². The Kier molecular flexibility index (Phi) is 2.61. The van der Waals surface area contributed by atoms with E-state index in [-0.39, 0.29) is 12.4 Å². The average Bonchev–Trinajstić information content (AvgIpc) is 2.58. The minimum Gasteiger partial charge on any atom is -0.486 e. The van der Waals surface area contributed by atoms with Gasteiger partial charge in [-0.1, -0.05) is 12.1 Å². The molecule has 1 heterocycles. The summed E-state index contributed by atoms with van der Waals surface area (Å²) in [4.78, 5) is 0. The molecule has 1 aromatic carbocycles. The molecule has 5 nitrogen and oxygen atoms in total. The first-order valence-electron chi connectivity index (χ1n) is 4.55. The Balaban J connectivity index is 2.24. The highest BCUT2D eigenvalue weighted by molar-refractivity contribution is 6.62. The van der Waals surface area contributed by atoms with E-state index < -0.39 is 7.12 Å². The number of fused-ring (bicyclic) bond motifs is 1. The molecule has 6 heteroatoms. The molecule has 0 saturated heterocycles. The summed E-state index contributed by atoms with van der Waals surface area (Å²) >= 11 is 0. The molecule has 0 saturated carbocycles. The van der Waals surface area contributed by atoms with E-state index >= 15 is 0 Å². The van der Waals surface area contributed by atoms with Crippen LogP contribution in [0.4, 0.5) is 0 Å². The Morgan fingerprint density at radius 2 is 2.47 bits per heavy atom. The highest BCUT2D eigenvalue weighted by Gasteiger charge is 2.30. The molecule has 0 radical (unpaired) electrons. The van der Waals surface area contributed by atoms with E-state index in [0.29, 0.717) is 17.8 Å². The van der Waals surface area contributed by atoms with Crippen molar-refractivity contribution in [2.24, 2.45) is 5.73 Å². The summed E-state index contributed by atoms with van der Waals surface area (Å²) in [6.45, 7) is 0.400. The second-order valence-corrected chi connectivity index (χ2v) is 3.31. The van der Waals surface area contributed by atoms with Gasteiger partial charge >= 0.3 is 7.12 Å². The van der Waals surface area contributed by atoms with Crippen molar-refractivity contribution in [2.75, 3.05) is 6.61 Å². The molecule has 2 rings (SSSR count). The van der Waals surface area contributed by atoms with Gasteiger partial charge in [-0.15, -0.1) is 0 Å². The zero-order valence-electron chi connectivity index (χ0n) is 8.06. The molecule has 0 atom stereocenters. The van der Waals surface area contributed by atoms with E-state index in [0.717, 1.165) is 5.56 Å². The van der Waals surface area contributed by atoms with Gasteiger partial charge in [0.25, 0.3) is 0 Å². The van der Waals surface area contributed by atoms with Crippen molar-refractivity contribution >= 4 is 18.4 Å². The third kappa shape index (κ3) is 1.95. The summed E-state index contributed by atoms with van der Waals surface area (Å²) in [7, 11) is -0.942. The van der Waals surface area contributed by atoms with Gasteiger partial charge in [-0.25, -0.2) is 0 Å². The largest absolute Gasteiger partial charge is 0.495 e. The number of nitrogens with one attached hydrogen (secondary N) is 1. The van der Waals surface area contributed by atoms with E-state index in [1.54, 1.807) is 6.07 Å². The van der Waals surface area contributed by atoms with Crippen molar-refractivity contribution < 1.29 is 14.4 Å². The lowest BCUT2D eigenvalue weighted by Crippen LogP contribution is -2.31. The summed E-state index contributed by atoms with van der Waals surface area (Å²) in [6, 6.07) is 5.40.